The average Bonchev–Trinajstić information content (AvgIpc) is 2.58. The Hall–Kier alpha value is -1.10. The molecular weight excluding hydrogens is 156 g/mol. The Morgan fingerprint density at radius 2 is 2.50 bits per heavy atom. The fraction of sp³-hybridized carbons (Fsp3) is 0.714. The summed E-state index contributed by atoms with van der Waals surface area (Å²) >= 11 is 0. The highest BCUT2D eigenvalue weighted by molar-refractivity contribution is 5.13. The Kier molecular flexibility index (Phi) is 1.73. The molecule has 2 atom stereocenters. The van der Waals surface area contributed by atoms with Gasteiger partial charge < -0.3 is 15.6 Å². The lowest BCUT2D eigenvalue weighted by Crippen LogP contribution is -2.16. The van der Waals surface area contributed by atoms with Crippen LogP contribution in [0.4, 0.5) is 5.95 Å². The number of rotatable bonds is 1. The highest BCUT2D eigenvalue weighted by Crippen LogP contribution is 2.23. The summed E-state index contributed by atoms with van der Waals surface area (Å²) in [5.74, 6) is 1.22. The van der Waals surface area contributed by atoms with Gasteiger partial charge in [0, 0.05) is 12.6 Å². The van der Waals surface area contributed by atoms with Crippen LogP contribution in [-0.4, -0.2) is 22.7 Å². The summed E-state index contributed by atoms with van der Waals surface area (Å²) in [5.41, 5.74) is 5.34. The molecule has 0 bridgehead atoms. The second-order valence-corrected chi connectivity index (χ2v) is 3.23. The first-order valence-corrected chi connectivity index (χ1v) is 4.08. The van der Waals surface area contributed by atoms with Crippen LogP contribution in [0, 0.1) is 0 Å². The first-order valence-electron chi connectivity index (χ1n) is 4.08. The molecule has 3 N–H and O–H groups in total. The van der Waals surface area contributed by atoms with Crippen LogP contribution in [0.5, 0.6) is 0 Å². The van der Waals surface area contributed by atoms with Crippen molar-refractivity contribution in [2.45, 2.75) is 25.3 Å². The first-order chi connectivity index (χ1) is 5.75. The van der Waals surface area contributed by atoms with Gasteiger partial charge in [0.25, 0.3) is 5.95 Å². The molecule has 0 spiro atoms. The molecule has 1 saturated heterocycles. The maximum Gasteiger partial charge on any atom is 0.260 e. The topological polar surface area (TPSA) is 77.0 Å². The third-order valence-electron chi connectivity index (χ3n) is 2.16. The van der Waals surface area contributed by atoms with Crippen LogP contribution < -0.4 is 11.1 Å². The normalized spacial score (nSPS) is 29.4. The maximum atomic E-state index is 5.34. The predicted octanol–water partition coefficient (Wildman–Crippen LogP) is 0.117. The number of nitrogen functional groups attached to an aromatic ring is 1. The van der Waals surface area contributed by atoms with Crippen LogP contribution in [0.1, 0.15) is 25.2 Å². The van der Waals surface area contributed by atoms with Gasteiger partial charge in [-0.05, 0) is 18.5 Å². The molecule has 0 saturated carbocycles. The second kappa shape index (κ2) is 2.75. The predicted molar refractivity (Wildman–Crippen MR) is 43.5 cm³/mol. The lowest BCUT2D eigenvalue weighted by molar-refractivity contribution is 0.358. The van der Waals surface area contributed by atoms with E-state index in [1.165, 1.54) is 0 Å². The first kappa shape index (κ1) is 7.54. The van der Waals surface area contributed by atoms with E-state index >= 15 is 0 Å². The van der Waals surface area contributed by atoms with E-state index in [-0.39, 0.29) is 5.95 Å². The SMILES string of the molecule is CC1CC(c2nc(N)no2)CN1. The van der Waals surface area contributed by atoms with Crippen molar-refractivity contribution in [2.75, 3.05) is 12.3 Å². The van der Waals surface area contributed by atoms with E-state index in [1.807, 2.05) is 0 Å². The van der Waals surface area contributed by atoms with E-state index in [9.17, 15) is 0 Å². The van der Waals surface area contributed by atoms with E-state index in [1.54, 1.807) is 0 Å². The molecule has 5 heteroatoms. The van der Waals surface area contributed by atoms with Crippen molar-refractivity contribution in [2.24, 2.45) is 0 Å². The van der Waals surface area contributed by atoms with Crippen LogP contribution in [0.25, 0.3) is 0 Å². The van der Waals surface area contributed by atoms with E-state index in [0.29, 0.717) is 17.9 Å². The van der Waals surface area contributed by atoms with Gasteiger partial charge in [-0.3, -0.25) is 0 Å². The molecule has 2 rings (SSSR count). The maximum absolute atomic E-state index is 5.34. The highest BCUT2D eigenvalue weighted by atomic mass is 16.5. The lowest BCUT2D eigenvalue weighted by atomic mass is 10.1. The molecule has 0 radical (unpaired) electrons. The molecule has 66 valence electrons. The van der Waals surface area contributed by atoms with Crippen molar-refractivity contribution in [3.05, 3.63) is 5.89 Å². The van der Waals surface area contributed by atoms with Crippen molar-refractivity contribution in [1.82, 2.24) is 15.5 Å². The monoisotopic (exact) mass is 168 g/mol. The molecule has 0 aromatic carbocycles. The molecule has 5 nitrogen and oxygen atoms in total. The van der Waals surface area contributed by atoms with E-state index in [0.717, 1.165) is 13.0 Å². The van der Waals surface area contributed by atoms with E-state index in [2.05, 4.69) is 22.4 Å². The Bertz CT molecular complexity index is 272. The van der Waals surface area contributed by atoms with Gasteiger partial charge in [-0.15, -0.1) is 0 Å². The fourth-order valence-corrected chi connectivity index (χ4v) is 1.54. The van der Waals surface area contributed by atoms with Crippen LogP contribution in [0.15, 0.2) is 4.52 Å². The number of nitrogens with zero attached hydrogens (tertiary/aromatic N) is 2. The van der Waals surface area contributed by atoms with Crippen molar-refractivity contribution in [1.29, 1.82) is 0 Å². The van der Waals surface area contributed by atoms with Crippen molar-refractivity contribution in [3.8, 4) is 0 Å². The molecule has 0 amide bonds. The molecule has 1 aliphatic heterocycles. The summed E-state index contributed by atoms with van der Waals surface area (Å²) in [7, 11) is 0. The van der Waals surface area contributed by atoms with Gasteiger partial charge in [0.05, 0.1) is 5.92 Å². The van der Waals surface area contributed by atoms with Crippen LogP contribution in [0.3, 0.4) is 0 Å². The summed E-state index contributed by atoms with van der Waals surface area (Å²) in [5, 5.41) is 6.86. The summed E-state index contributed by atoms with van der Waals surface area (Å²) in [6.45, 7) is 3.04. The fourth-order valence-electron chi connectivity index (χ4n) is 1.54. The number of hydrogen-bond acceptors (Lipinski definition) is 5. The standard InChI is InChI=1S/C7H12N4O/c1-4-2-5(3-9-4)6-10-7(8)11-12-6/h4-5,9H,2-3H2,1H3,(H2,8,11). The third-order valence-corrected chi connectivity index (χ3v) is 2.16. The van der Waals surface area contributed by atoms with Gasteiger partial charge in [-0.2, -0.15) is 4.98 Å². The third kappa shape index (κ3) is 1.27. The molecule has 1 aromatic rings. The summed E-state index contributed by atoms with van der Waals surface area (Å²) in [6.07, 6.45) is 1.04. The number of hydrogen-bond donors (Lipinski definition) is 2. The van der Waals surface area contributed by atoms with E-state index in [4.69, 9.17) is 10.3 Å². The van der Waals surface area contributed by atoms with Gasteiger partial charge >= 0.3 is 0 Å². The minimum absolute atomic E-state index is 0.226. The molecule has 1 aliphatic rings. The lowest BCUT2D eigenvalue weighted by Gasteiger charge is -1.99. The second-order valence-electron chi connectivity index (χ2n) is 3.23. The van der Waals surface area contributed by atoms with Crippen LogP contribution in [0.2, 0.25) is 0 Å². The van der Waals surface area contributed by atoms with Gasteiger partial charge in [0.15, 0.2) is 0 Å². The summed E-state index contributed by atoms with van der Waals surface area (Å²) < 4.78 is 4.97. The molecule has 12 heavy (non-hydrogen) atoms. The van der Waals surface area contributed by atoms with Gasteiger partial charge in [-0.1, -0.05) is 0 Å². The van der Waals surface area contributed by atoms with Crippen molar-refractivity contribution >= 4 is 5.95 Å². The van der Waals surface area contributed by atoms with Crippen LogP contribution >= 0.6 is 0 Å². The van der Waals surface area contributed by atoms with Gasteiger partial charge in [0.1, 0.15) is 0 Å². The minimum Gasteiger partial charge on any atom is -0.365 e. The van der Waals surface area contributed by atoms with Gasteiger partial charge in [0.2, 0.25) is 5.89 Å². The largest absolute Gasteiger partial charge is 0.365 e. The summed E-state index contributed by atoms with van der Waals surface area (Å²) in [4.78, 5) is 3.99. The quantitative estimate of drug-likeness (QED) is 0.622. The average molecular weight is 168 g/mol. The zero-order valence-corrected chi connectivity index (χ0v) is 6.95. The van der Waals surface area contributed by atoms with Crippen molar-refractivity contribution < 1.29 is 4.52 Å². The number of nitrogens with one attached hydrogen (secondary N) is 1. The molecule has 2 unspecified atom stereocenters. The molecule has 1 aromatic heterocycles. The Morgan fingerprint density at radius 1 is 1.67 bits per heavy atom. The number of nitrogens with two attached hydrogens (primary N) is 1. The Labute approximate surface area is 70.3 Å². The zero-order valence-electron chi connectivity index (χ0n) is 6.95. The minimum atomic E-state index is 0.226. The number of anilines is 1. The molecule has 1 fully saturated rings. The Balaban J connectivity index is 2.11. The molecular formula is C7H12N4O. The van der Waals surface area contributed by atoms with Crippen LogP contribution in [-0.2, 0) is 0 Å². The highest BCUT2D eigenvalue weighted by Gasteiger charge is 2.26. The molecule has 0 aliphatic carbocycles. The smallest absolute Gasteiger partial charge is 0.260 e. The molecule has 2 heterocycles. The van der Waals surface area contributed by atoms with Gasteiger partial charge in [-0.25, -0.2) is 0 Å². The Morgan fingerprint density at radius 3 is 3.00 bits per heavy atom. The summed E-state index contributed by atoms with van der Waals surface area (Å²) in [6, 6.07) is 0.531. The van der Waals surface area contributed by atoms with Crippen molar-refractivity contribution in [3.63, 3.8) is 0 Å². The zero-order chi connectivity index (χ0) is 8.55. The number of aromatic nitrogens is 2. The van der Waals surface area contributed by atoms with E-state index < -0.39 is 0 Å².